The maximum Gasteiger partial charge on any atom is 0.338 e. The number of hydrogen-bond acceptors (Lipinski definition) is 13. The van der Waals surface area contributed by atoms with Gasteiger partial charge in [0.2, 0.25) is 0 Å². The zero-order chi connectivity index (χ0) is 55.2. The molecule has 8 aliphatic heterocycles. The van der Waals surface area contributed by atoms with Gasteiger partial charge in [-0.05, 0) is 109 Å². The van der Waals surface area contributed by atoms with Crippen LogP contribution in [0.5, 0.6) is 0 Å². The van der Waals surface area contributed by atoms with E-state index < -0.39 is 83.8 Å². The summed E-state index contributed by atoms with van der Waals surface area (Å²) in [5.41, 5.74) is 1.48. The summed E-state index contributed by atoms with van der Waals surface area (Å²) >= 11 is 3.50. The van der Waals surface area contributed by atoms with Crippen LogP contribution in [0.1, 0.15) is 142 Å². The second-order valence-corrected chi connectivity index (χ2v) is 33.6. The van der Waals surface area contributed by atoms with Gasteiger partial charge >= 0.3 is 5.97 Å². The molecule has 0 spiro atoms. The summed E-state index contributed by atoms with van der Waals surface area (Å²) in [5, 5.41) is 11.8. The van der Waals surface area contributed by atoms with Crippen LogP contribution in [-0.4, -0.2) is 131 Å². The van der Waals surface area contributed by atoms with E-state index in [1.165, 1.54) is 0 Å². The van der Waals surface area contributed by atoms with Gasteiger partial charge in [-0.2, -0.15) is 0 Å². The molecule has 0 radical (unpaired) electrons. The van der Waals surface area contributed by atoms with Crippen molar-refractivity contribution in [3.8, 4) is 0 Å². The largest absolute Gasteiger partial charge is 0.458 e. The van der Waals surface area contributed by atoms with Crippen LogP contribution in [0.2, 0.25) is 18.1 Å². The van der Waals surface area contributed by atoms with Crippen LogP contribution in [0, 0.1) is 23.7 Å². The SMILES string of the molecule is C=C(Br)C[C@H](CC[C@@]12C[C@H]3O[C@H]4[C@@H](O1)[C@H]1OC(CC(O)C([C@@H]5[C@@H](C)[C@@H](C[C@H](C)CO[Si](C)(C)C(C)(C)C)O[C@H]5CC5O[C@@H](CCCC)C[C@@H](C)C5=C)S(=O)(=O)c5ccccc5)CC[C@@H]1O[C@H]4[C@H]3O2)OC(=O)c1ccccc1. The van der Waals surface area contributed by atoms with E-state index in [-0.39, 0.29) is 76.8 Å². The first kappa shape index (κ1) is 59.3. The molecule has 20 atom stereocenters. The number of benzene rings is 2. The van der Waals surface area contributed by atoms with E-state index in [0.29, 0.717) is 68.0 Å². The zero-order valence-corrected chi connectivity index (χ0v) is 50.6. The fraction of sp³-hybridized carbons (Fsp3) is 0.721. The predicted octanol–water partition coefficient (Wildman–Crippen LogP) is 11.8. The van der Waals surface area contributed by atoms with Gasteiger partial charge in [0.05, 0.1) is 64.5 Å². The molecule has 8 heterocycles. The van der Waals surface area contributed by atoms with E-state index in [4.69, 9.17) is 42.3 Å². The number of unbranched alkanes of at least 4 members (excludes halogenated alkanes) is 1. The quantitative estimate of drug-likeness (QED) is 0.0638. The first-order chi connectivity index (χ1) is 36.5. The molecule has 77 heavy (non-hydrogen) atoms. The van der Waals surface area contributed by atoms with E-state index in [2.05, 4.69) is 90.6 Å². The summed E-state index contributed by atoms with van der Waals surface area (Å²) in [5.74, 6) is -1.92. The number of aliphatic hydroxyl groups is 1. The molecule has 16 heteroatoms. The van der Waals surface area contributed by atoms with Crippen LogP contribution in [0.15, 0.2) is 88.8 Å². The molecule has 1 N–H and O–H groups in total. The summed E-state index contributed by atoms with van der Waals surface area (Å²) in [6.07, 6.45) is 1.89. The monoisotopic (exact) mass is 1170 g/mol. The molecule has 4 unspecified atom stereocenters. The minimum Gasteiger partial charge on any atom is -0.458 e. The Hall–Kier alpha value is -2.32. The molecule has 0 aromatic heterocycles. The minimum absolute atomic E-state index is 0.0572. The number of aliphatic hydroxyl groups excluding tert-OH is 1. The first-order valence-electron chi connectivity index (χ1n) is 29.0. The topological polar surface area (TPSA) is 155 Å². The van der Waals surface area contributed by atoms with Gasteiger partial charge in [-0.25, -0.2) is 13.2 Å². The first-order valence-corrected chi connectivity index (χ1v) is 34.2. The van der Waals surface area contributed by atoms with Crippen molar-refractivity contribution in [2.24, 2.45) is 23.7 Å². The Morgan fingerprint density at radius 3 is 2.25 bits per heavy atom. The Morgan fingerprint density at radius 1 is 0.883 bits per heavy atom. The number of rotatable bonds is 23. The van der Waals surface area contributed by atoms with Gasteiger partial charge in [-0.15, -0.1) is 0 Å². The van der Waals surface area contributed by atoms with Crippen LogP contribution in [0.4, 0.5) is 0 Å². The van der Waals surface area contributed by atoms with Crippen molar-refractivity contribution in [3.05, 3.63) is 89.4 Å². The summed E-state index contributed by atoms with van der Waals surface area (Å²) in [4.78, 5) is 13.4. The number of sulfone groups is 1. The lowest BCUT2D eigenvalue weighted by Crippen LogP contribution is -2.62. The van der Waals surface area contributed by atoms with Crippen molar-refractivity contribution < 1.29 is 60.6 Å². The zero-order valence-electron chi connectivity index (χ0n) is 47.2. The lowest BCUT2D eigenvalue weighted by atomic mass is 9.78. The smallest absolute Gasteiger partial charge is 0.338 e. The number of fused-ring (bicyclic) bond motifs is 1. The predicted molar refractivity (Wildman–Crippen MR) is 302 cm³/mol. The van der Waals surface area contributed by atoms with Crippen LogP contribution in [0.3, 0.4) is 0 Å². The fourth-order valence-electron chi connectivity index (χ4n) is 13.4. The van der Waals surface area contributed by atoms with Gasteiger partial charge in [0.25, 0.3) is 0 Å². The average molecular weight is 1170 g/mol. The molecular weight excluding hydrogens is 1080 g/mol. The van der Waals surface area contributed by atoms with E-state index >= 15 is 8.42 Å². The Bertz CT molecular complexity index is 2460. The molecule has 6 bridgehead atoms. The average Bonchev–Trinajstić information content (AvgIpc) is 3.99. The van der Waals surface area contributed by atoms with Crippen LogP contribution < -0.4 is 0 Å². The maximum atomic E-state index is 15.6. The van der Waals surface area contributed by atoms with Crippen LogP contribution in [-0.2, 0) is 52.2 Å². The highest BCUT2D eigenvalue weighted by molar-refractivity contribution is 9.11. The number of hydrogen-bond donors (Lipinski definition) is 1. The van der Waals surface area contributed by atoms with Gasteiger partial charge < -0.3 is 47.4 Å². The molecule has 0 saturated carbocycles. The number of halogens is 1. The van der Waals surface area contributed by atoms with Gasteiger partial charge in [-0.3, -0.25) is 0 Å². The van der Waals surface area contributed by atoms with Crippen molar-refractivity contribution in [3.63, 3.8) is 0 Å². The Morgan fingerprint density at radius 2 is 1.56 bits per heavy atom. The fourth-order valence-corrected chi connectivity index (χ4v) is 17.1. The third kappa shape index (κ3) is 13.0. The molecule has 0 amide bonds. The molecular formula is C61H89BrO13SSi. The molecule has 0 aliphatic carbocycles. The van der Waals surface area contributed by atoms with Gasteiger partial charge in [-0.1, -0.05) is 127 Å². The molecule has 13 nitrogen and oxygen atoms in total. The number of carbonyl (C=O) groups excluding carboxylic acids is 1. The number of ether oxygens (including phenoxy) is 8. The number of carbonyl (C=O) groups is 1. The van der Waals surface area contributed by atoms with Gasteiger partial charge in [0.15, 0.2) is 23.9 Å². The van der Waals surface area contributed by atoms with Crippen LogP contribution in [0.25, 0.3) is 0 Å². The lowest BCUT2D eigenvalue weighted by Gasteiger charge is -2.48. The lowest BCUT2D eigenvalue weighted by molar-refractivity contribution is -0.293. The second kappa shape index (κ2) is 24.3. The summed E-state index contributed by atoms with van der Waals surface area (Å²) < 4.78 is 93.3. The normalized spacial score (nSPS) is 36.5. The highest BCUT2D eigenvalue weighted by Gasteiger charge is 2.69. The third-order valence-electron chi connectivity index (χ3n) is 18.8. The second-order valence-electron chi connectivity index (χ2n) is 25.5. The number of esters is 1. The van der Waals surface area contributed by atoms with E-state index in [1.54, 1.807) is 36.4 Å². The maximum absolute atomic E-state index is 15.6. The summed E-state index contributed by atoms with van der Waals surface area (Å²) in [7, 11) is -6.22. The van der Waals surface area contributed by atoms with Crippen molar-refractivity contribution in [1.82, 2.24) is 0 Å². The molecule has 8 fully saturated rings. The summed E-state index contributed by atoms with van der Waals surface area (Å²) in [6.45, 7) is 29.2. The highest BCUT2D eigenvalue weighted by atomic mass is 79.9. The van der Waals surface area contributed by atoms with Crippen molar-refractivity contribution in [2.45, 2.75) is 251 Å². The Kier molecular flexibility index (Phi) is 18.7. The summed E-state index contributed by atoms with van der Waals surface area (Å²) in [6, 6.07) is 17.5. The van der Waals surface area contributed by atoms with E-state index in [9.17, 15) is 9.90 Å². The molecule has 428 valence electrons. The highest BCUT2D eigenvalue weighted by Crippen LogP contribution is 2.55. The van der Waals surface area contributed by atoms with Gasteiger partial charge in [0.1, 0.15) is 36.6 Å². The Balaban J connectivity index is 0.967. The minimum atomic E-state index is -4.18. The van der Waals surface area contributed by atoms with E-state index in [0.717, 1.165) is 31.3 Å². The van der Waals surface area contributed by atoms with E-state index in [1.807, 2.05) is 24.3 Å². The molecule has 2 aromatic rings. The molecule has 8 saturated heterocycles. The van der Waals surface area contributed by atoms with Crippen molar-refractivity contribution >= 4 is 40.1 Å². The van der Waals surface area contributed by atoms with Crippen molar-refractivity contribution in [2.75, 3.05) is 6.61 Å². The van der Waals surface area contributed by atoms with Crippen molar-refractivity contribution in [1.29, 1.82) is 0 Å². The molecule has 8 aliphatic rings. The molecule has 2 aromatic carbocycles. The molecule has 10 rings (SSSR count). The standard InChI is InChI=1S/C61H89BrO13SSi/c1-12-13-22-42-30-37(3)39(5)49(68-42)33-50-52(40(6)48(71-50)29-36(2)35-67-77(10,11)60(7,8)9)58(76(65,66)45-23-18-15-19-24-45)46(63)32-43-25-26-47-53(69-43)57-56-55(72-47)54-51(73-56)34-61(74-54,75-57)28-27-44(31-38(4)62)70-59(64)41-20-16-14-17-21-41/h14-21,23-24,36-37,40,42-44,46-58,63H,4-5,12-13,22,25-35H2,1-3,6-11H3/t36-,37+,40-,42-,43?,44-,46?,47-,48+,49?,50-,51+,52+,53-,54-,55-,56+,57-,58?,61-/m0/s1. The Labute approximate surface area is 469 Å². The van der Waals surface area contributed by atoms with Gasteiger partial charge in [0, 0.05) is 44.6 Å². The van der Waals surface area contributed by atoms with Crippen LogP contribution >= 0.6 is 15.9 Å². The third-order valence-corrected chi connectivity index (χ3v) is 25.9.